The van der Waals surface area contributed by atoms with Crippen molar-refractivity contribution in [2.24, 2.45) is 5.92 Å². The number of amides is 1. The maximum atomic E-state index is 12.3. The SMILES string of the molecule is CNC1CCN(C(=O)Cc2ccccc2O)CC1C. The molecule has 0 spiro atoms. The zero-order valence-electron chi connectivity index (χ0n) is 11.6. The number of likely N-dealkylation sites (tertiary alicyclic amines) is 1. The van der Waals surface area contributed by atoms with E-state index in [0.29, 0.717) is 17.5 Å². The molecule has 1 fully saturated rings. The zero-order valence-corrected chi connectivity index (χ0v) is 11.6. The molecule has 4 nitrogen and oxygen atoms in total. The monoisotopic (exact) mass is 262 g/mol. The lowest BCUT2D eigenvalue weighted by Gasteiger charge is -2.37. The Morgan fingerprint density at radius 1 is 1.47 bits per heavy atom. The topological polar surface area (TPSA) is 52.6 Å². The Bertz CT molecular complexity index is 448. The van der Waals surface area contributed by atoms with Gasteiger partial charge in [0.2, 0.25) is 5.91 Å². The molecule has 1 heterocycles. The molecule has 1 aliphatic rings. The average Bonchev–Trinajstić information content (AvgIpc) is 2.41. The molecule has 0 bridgehead atoms. The van der Waals surface area contributed by atoms with Crippen LogP contribution in [0.4, 0.5) is 0 Å². The molecule has 0 aromatic heterocycles. The van der Waals surface area contributed by atoms with Gasteiger partial charge in [-0.05, 0) is 25.5 Å². The third kappa shape index (κ3) is 3.26. The van der Waals surface area contributed by atoms with Crippen molar-refractivity contribution in [1.82, 2.24) is 10.2 Å². The van der Waals surface area contributed by atoms with Crippen molar-refractivity contribution >= 4 is 5.91 Å². The molecule has 2 N–H and O–H groups in total. The van der Waals surface area contributed by atoms with E-state index in [0.717, 1.165) is 19.5 Å². The van der Waals surface area contributed by atoms with Gasteiger partial charge in [-0.25, -0.2) is 0 Å². The molecule has 0 saturated carbocycles. The number of para-hydroxylation sites is 1. The van der Waals surface area contributed by atoms with Crippen molar-refractivity contribution < 1.29 is 9.90 Å². The molecule has 1 saturated heterocycles. The maximum Gasteiger partial charge on any atom is 0.227 e. The molecule has 19 heavy (non-hydrogen) atoms. The summed E-state index contributed by atoms with van der Waals surface area (Å²) in [6, 6.07) is 7.53. The maximum absolute atomic E-state index is 12.3. The fourth-order valence-corrected chi connectivity index (χ4v) is 2.74. The number of carbonyl (C=O) groups is 1. The summed E-state index contributed by atoms with van der Waals surface area (Å²) in [7, 11) is 1.97. The summed E-state index contributed by atoms with van der Waals surface area (Å²) in [6.07, 6.45) is 1.27. The lowest BCUT2D eigenvalue weighted by atomic mass is 9.93. The van der Waals surface area contributed by atoms with E-state index in [1.165, 1.54) is 0 Å². The molecule has 1 aromatic carbocycles. The number of carbonyl (C=O) groups excluding carboxylic acids is 1. The number of nitrogens with zero attached hydrogens (tertiary/aromatic N) is 1. The molecular weight excluding hydrogens is 240 g/mol. The van der Waals surface area contributed by atoms with Crippen molar-refractivity contribution in [2.45, 2.75) is 25.8 Å². The van der Waals surface area contributed by atoms with Crippen LogP contribution in [-0.2, 0) is 11.2 Å². The van der Waals surface area contributed by atoms with E-state index in [1.807, 2.05) is 18.0 Å². The van der Waals surface area contributed by atoms with Gasteiger partial charge >= 0.3 is 0 Å². The van der Waals surface area contributed by atoms with Gasteiger partial charge in [-0.2, -0.15) is 0 Å². The van der Waals surface area contributed by atoms with Crippen molar-refractivity contribution in [2.75, 3.05) is 20.1 Å². The van der Waals surface area contributed by atoms with Crippen LogP contribution >= 0.6 is 0 Å². The van der Waals surface area contributed by atoms with Gasteiger partial charge in [-0.15, -0.1) is 0 Å². The van der Waals surface area contributed by atoms with E-state index < -0.39 is 0 Å². The van der Waals surface area contributed by atoms with Crippen molar-refractivity contribution in [3.63, 3.8) is 0 Å². The normalized spacial score (nSPS) is 23.4. The quantitative estimate of drug-likeness (QED) is 0.865. The first-order valence-corrected chi connectivity index (χ1v) is 6.83. The van der Waals surface area contributed by atoms with E-state index in [-0.39, 0.29) is 18.1 Å². The van der Waals surface area contributed by atoms with Crippen LogP contribution in [0.5, 0.6) is 5.75 Å². The number of phenolic OH excluding ortho intramolecular Hbond substituents is 1. The summed E-state index contributed by atoms with van der Waals surface area (Å²) in [5, 5.41) is 13.0. The summed E-state index contributed by atoms with van der Waals surface area (Å²) in [4.78, 5) is 14.2. The number of aromatic hydroxyl groups is 1. The Morgan fingerprint density at radius 3 is 2.84 bits per heavy atom. The number of hydrogen-bond donors (Lipinski definition) is 2. The van der Waals surface area contributed by atoms with Gasteiger partial charge in [0.25, 0.3) is 0 Å². The van der Waals surface area contributed by atoms with Crippen LogP contribution in [0.2, 0.25) is 0 Å². The number of benzene rings is 1. The van der Waals surface area contributed by atoms with Gasteiger partial charge in [0, 0.05) is 24.7 Å². The lowest BCUT2D eigenvalue weighted by molar-refractivity contribution is -0.132. The number of piperidine rings is 1. The van der Waals surface area contributed by atoms with E-state index in [1.54, 1.807) is 18.2 Å². The van der Waals surface area contributed by atoms with E-state index in [4.69, 9.17) is 0 Å². The minimum atomic E-state index is 0.0999. The molecule has 0 aliphatic carbocycles. The second-order valence-electron chi connectivity index (χ2n) is 5.31. The highest BCUT2D eigenvalue weighted by molar-refractivity contribution is 5.79. The molecule has 0 radical (unpaired) electrons. The average molecular weight is 262 g/mol. The Hall–Kier alpha value is -1.55. The predicted octanol–water partition coefficient (Wildman–Crippen LogP) is 1.39. The summed E-state index contributed by atoms with van der Waals surface area (Å²) in [6.45, 7) is 3.75. The van der Waals surface area contributed by atoms with E-state index in [2.05, 4.69) is 12.2 Å². The van der Waals surface area contributed by atoms with Crippen LogP contribution < -0.4 is 5.32 Å². The molecule has 1 aromatic rings. The highest BCUT2D eigenvalue weighted by Crippen LogP contribution is 2.20. The lowest BCUT2D eigenvalue weighted by Crippen LogP contribution is -2.49. The summed E-state index contributed by atoms with van der Waals surface area (Å²) >= 11 is 0. The van der Waals surface area contributed by atoms with Crippen molar-refractivity contribution in [1.29, 1.82) is 0 Å². The number of hydrogen-bond acceptors (Lipinski definition) is 3. The van der Waals surface area contributed by atoms with Crippen LogP contribution in [0.3, 0.4) is 0 Å². The first-order valence-electron chi connectivity index (χ1n) is 6.83. The standard InChI is InChI=1S/C15H22N2O2/c1-11-10-17(8-7-13(11)16-2)15(19)9-12-5-3-4-6-14(12)18/h3-6,11,13,16,18H,7-10H2,1-2H3. The zero-order chi connectivity index (χ0) is 13.8. The van der Waals surface area contributed by atoms with Gasteiger partial charge in [0.15, 0.2) is 0 Å². The summed E-state index contributed by atoms with van der Waals surface area (Å²) in [5.41, 5.74) is 0.705. The Balaban J connectivity index is 1.96. The second-order valence-corrected chi connectivity index (χ2v) is 5.31. The minimum Gasteiger partial charge on any atom is -0.508 e. The van der Waals surface area contributed by atoms with Gasteiger partial charge < -0.3 is 15.3 Å². The van der Waals surface area contributed by atoms with Crippen LogP contribution in [0.1, 0.15) is 18.9 Å². The smallest absolute Gasteiger partial charge is 0.227 e. The molecule has 4 heteroatoms. The highest BCUT2D eigenvalue weighted by atomic mass is 16.3. The van der Waals surface area contributed by atoms with Crippen LogP contribution in [0.15, 0.2) is 24.3 Å². The van der Waals surface area contributed by atoms with Gasteiger partial charge in [-0.3, -0.25) is 4.79 Å². The van der Waals surface area contributed by atoms with E-state index >= 15 is 0 Å². The first kappa shape index (κ1) is 13.9. The molecule has 2 unspecified atom stereocenters. The number of nitrogens with one attached hydrogen (secondary N) is 1. The van der Waals surface area contributed by atoms with Crippen LogP contribution in [0, 0.1) is 5.92 Å². The Morgan fingerprint density at radius 2 is 2.21 bits per heavy atom. The van der Waals surface area contributed by atoms with Crippen LogP contribution in [-0.4, -0.2) is 42.1 Å². The third-order valence-corrected chi connectivity index (χ3v) is 3.96. The minimum absolute atomic E-state index is 0.0999. The Labute approximate surface area is 114 Å². The van der Waals surface area contributed by atoms with Gasteiger partial charge in [0.1, 0.15) is 5.75 Å². The second kappa shape index (κ2) is 6.06. The number of rotatable bonds is 3. The molecule has 2 atom stereocenters. The number of phenols is 1. The highest BCUT2D eigenvalue weighted by Gasteiger charge is 2.27. The van der Waals surface area contributed by atoms with Crippen molar-refractivity contribution in [3.8, 4) is 5.75 Å². The van der Waals surface area contributed by atoms with Gasteiger partial charge in [0.05, 0.1) is 6.42 Å². The molecule has 1 amide bonds. The molecule has 104 valence electrons. The predicted molar refractivity (Wildman–Crippen MR) is 75.0 cm³/mol. The van der Waals surface area contributed by atoms with Gasteiger partial charge in [-0.1, -0.05) is 25.1 Å². The first-order chi connectivity index (χ1) is 9.11. The molecule has 1 aliphatic heterocycles. The summed E-state index contributed by atoms with van der Waals surface area (Å²) in [5.74, 6) is 0.768. The van der Waals surface area contributed by atoms with Crippen molar-refractivity contribution in [3.05, 3.63) is 29.8 Å². The third-order valence-electron chi connectivity index (χ3n) is 3.96. The largest absolute Gasteiger partial charge is 0.508 e. The fraction of sp³-hybridized carbons (Fsp3) is 0.533. The van der Waals surface area contributed by atoms with E-state index in [9.17, 15) is 9.90 Å². The molecule has 2 rings (SSSR count). The Kier molecular flexibility index (Phi) is 4.43. The fourth-order valence-electron chi connectivity index (χ4n) is 2.74. The van der Waals surface area contributed by atoms with Crippen LogP contribution in [0.25, 0.3) is 0 Å². The summed E-state index contributed by atoms with van der Waals surface area (Å²) < 4.78 is 0. The molecular formula is C15H22N2O2.